The van der Waals surface area contributed by atoms with Crippen LogP contribution in [0.5, 0.6) is 0 Å². The minimum atomic E-state index is -0.784. The Hall–Kier alpha value is -1.45. The first kappa shape index (κ1) is 11.6. The molecule has 3 nitrogen and oxygen atoms in total. The van der Waals surface area contributed by atoms with Gasteiger partial charge in [-0.25, -0.2) is 0 Å². The summed E-state index contributed by atoms with van der Waals surface area (Å²) >= 11 is 0. The Labute approximate surface area is 106 Å². The molecule has 1 aromatic heterocycles. The third kappa shape index (κ3) is 2.11. The van der Waals surface area contributed by atoms with Crippen LogP contribution < -0.4 is 0 Å². The van der Waals surface area contributed by atoms with Gasteiger partial charge in [0.25, 0.3) is 0 Å². The summed E-state index contributed by atoms with van der Waals surface area (Å²) in [5.74, 6) is 0. The number of aliphatic hydroxyl groups is 1. The van der Waals surface area contributed by atoms with Crippen molar-refractivity contribution in [1.29, 1.82) is 0 Å². The number of para-hydroxylation sites is 1. The molecule has 1 aromatic carbocycles. The Kier molecular flexibility index (Phi) is 3.02. The molecule has 1 fully saturated rings. The van der Waals surface area contributed by atoms with Gasteiger partial charge in [-0.15, -0.1) is 0 Å². The van der Waals surface area contributed by atoms with Gasteiger partial charge in [-0.05, 0) is 25.0 Å². The van der Waals surface area contributed by atoms with Gasteiger partial charge >= 0.3 is 0 Å². The standard InChI is InChI=1S/C15H17NO2/c17-15(6-3-8-18-9-7-15)13-10-12-4-1-2-5-14(12)16-11-13/h1-2,4-5,10-11,17H,3,6-9H2. The molecule has 1 N–H and O–H groups in total. The number of pyridine rings is 1. The van der Waals surface area contributed by atoms with E-state index in [1.807, 2.05) is 30.3 Å². The maximum atomic E-state index is 10.8. The lowest BCUT2D eigenvalue weighted by molar-refractivity contribution is 0.0142. The zero-order chi connectivity index (χ0) is 12.4. The SMILES string of the molecule is OC1(c2cnc3ccccc3c2)CCCOCC1. The summed E-state index contributed by atoms with van der Waals surface area (Å²) < 4.78 is 5.42. The summed E-state index contributed by atoms with van der Waals surface area (Å²) in [6.45, 7) is 1.35. The van der Waals surface area contributed by atoms with Crippen LogP contribution in [-0.4, -0.2) is 23.3 Å². The molecule has 0 spiro atoms. The normalized spacial score (nSPS) is 24.9. The molecule has 1 aliphatic rings. The van der Waals surface area contributed by atoms with E-state index in [2.05, 4.69) is 4.98 Å². The van der Waals surface area contributed by atoms with E-state index in [1.54, 1.807) is 6.20 Å². The van der Waals surface area contributed by atoms with Crippen LogP contribution in [0.15, 0.2) is 36.5 Å². The summed E-state index contributed by atoms with van der Waals surface area (Å²) in [5, 5.41) is 11.8. The third-order valence-corrected chi connectivity index (χ3v) is 3.67. The minimum Gasteiger partial charge on any atom is -0.385 e. The maximum Gasteiger partial charge on any atom is 0.0934 e. The lowest BCUT2D eigenvalue weighted by atomic mass is 9.87. The van der Waals surface area contributed by atoms with Gasteiger partial charge in [0, 0.05) is 36.8 Å². The highest BCUT2D eigenvalue weighted by Crippen LogP contribution is 2.33. The smallest absolute Gasteiger partial charge is 0.0934 e. The number of hydrogen-bond donors (Lipinski definition) is 1. The monoisotopic (exact) mass is 243 g/mol. The first-order valence-electron chi connectivity index (χ1n) is 6.43. The number of fused-ring (bicyclic) bond motifs is 1. The fraction of sp³-hybridized carbons (Fsp3) is 0.400. The predicted octanol–water partition coefficient (Wildman–Crippen LogP) is 2.62. The lowest BCUT2D eigenvalue weighted by Gasteiger charge is -2.26. The fourth-order valence-electron chi connectivity index (χ4n) is 2.55. The Morgan fingerprint density at radius 2 is 2.06 bits per heavy atom. The van der Waals surface area contributed by atoms with Crippen molar-refractivity contribution in [2.75, 3.05) is 13.2 Å². The molecule has 3 heteroatoms. The molecular weight excluding hydrogens is 226 g/mol. The summed E-state index contributed by atoms with van der Waals surface area (Å²) in [6.07, 6.45) is 4.08. The zero-order valence-electron chi connectivity index (χ0n) is 10.3. The highest BCUT2D eigenvalue weighted by atomic mass is 16.5. The summed E-state index contributed by atoms with van der Waals surface area (Å²) in [5.41, 5.74) is 1.09. The van der Waals surface area contributed by atoms with Crippen LogP contribution in [0.3, 0.4) is 0 Å². The third-order valence-electron chi connectivity index (χ3n) is 3.67. The van der Waals surface area contributed by atoms with Crippen LogP contribution in [0.25, 0.3) is 10.9 Å². The van der Waals surface area contributed by atoms with Crippen molar-refractivity contribution < 1.29 is 9.84 Å². The lowest BCUT2D eigenvalue weighted by Crippen LogP contribution is -2.26. The Morgan fingerprint density at radius 3 is 3.00 bits per heavy atom. The minimum absolute atomic E-state index is 0.614. The second-order valence-electron chi connectivity index (χ2n) is 4.91. The highest BCUT2D eigenvalue weighted by molar-refractivity contribution is 5.78. The van der Waals surface area contributed by atoms with Gasteiger partial charge in [0.1, 0.15) is 0 Å². The van der Waals surface area contributed by atoms with Gasteiger partial charge in [-0.1, -0.05) is 18.2 Å². The van der Waals surface area contributed by atoms with Crippen molar-refractivity contribution in [1.82, 2.24) is 4.98 Å². The van der Waals surface area contributed by atoms with E-state index in [9.17, 15) is 5.11 Å². The molecule has 0 aliphatic carbocycles. The van der Waals surface area contributed by atoms with Crippen molar-refractivity contribution in [3.05, 3.63) is 42.1 Å². The van der Waals surface area contributed by atoms with Crippen molar-refractivity contribution in [2.45, 2.75) is 24.9 Å². The molecular formula is C15H17NO2. The Bertz CT molecular complexity index is 545. The molecule has 0 radical (unpaired) electrons. The molecule has 1 aliphatic heterocycles. The number of rotatable bonds is 1. The van der Waals surface area contributed by atoms with Crippen molar-refractivity contribution in [3.63, 3.8) is 0 Å². The summed E-state index contributed by atoms with van der Waals surface area (Å²) in [7, 11) is 0. The van der Waals surface area contributed by atoms with Gasteiger partial charge in [0.15, 0.2) is 0 Å². The molecule has 1 atom stereocenters. The van der Waals surface area contributed by atoms with Crippen LogP contribution in [0.2, 0.25) is 0 Å². The molecule has 1 saturated heterocycles. The summed E-state index contributed by atoms with van der Waals surface area (Å²) in [4.78, 5) is 4.43. The number of aromatic nitrogens is 1. The Morgan fingerprint density at radius 1 is 1.17 bits per heavy atom. The number of nitrogens with zero attached hydrogens (tertiary/aromatic N) is 1. The molecule has 0 amide bonds. The van der Waals surface area contributed by atoms with Gasteiger partial charge in [0.2, 0.25) is 0 Å². The van der Waals surface area contributed by atoms with Crippen molar-refractivity contribution in [3.8, 4) is 0 Å². The van der Waals surface area contributed by atoms with Crippen LogP contribution in [0.4, 0.5) is 0 Å². The second kappa shape index (κ2) is 4.67. The molecule has 94 valence electrons. The van der Waals surface area contributed by atoms with Gasteiger partial charge in [0.05, 0.1) is 11.1 Å². The van der Waals surface area contributed by atoms with E-state index < -0.39 is 5.60 Å². The van der Waals surface area contributed by atoms with E-state index >= 15 is 0 Å². The average Bonchev–Trinajstić information content (AvgIpc) is 2.64. The van der Waals surface area contributed by atoms with Crippen LogP contribution in [0.1, 0.15) is 24.8 Å². The molecule has 2 aromatic rings. The van der Waals surface area contributed by atoms with E-state index in [0.717, 1.165) is 35.9 Å². The Balaban J connectivity index is 2.02. The van der Waals surface area contributed by atoms with Gasteiger partial charge < -0.3 is 9.84 Å². The average molecular weight is 243 g/mol. The quantitative estimate of drug-likeness (QED) is 0.837. The van der Waals surface area contributed by atoms with Gasteiger partial charge in [-0.2, -0.15) is 0 Å². The zero-order valence-corrected chi connectivity index (χ0v) is 10.3. The number of ether oxygens (including phenoxy) is 1. The predicted molar refractivity (Wildman–Crippen MR) is 70.3 cm³/mol. The number of hydrogen-bond acceptors (Lipinski definition) is 3. The van der Waals surface area contributed by atoms with Crippen LogP contribution >= 0.6 is 0 Å². The molecule has 18 heavy (non-hydrogen) atoms. The first-order valence-corrected chi connectivity index (χ1v) is 6.43. The van der Waals surface area contributed by atoms with Crippen molar-refractivity contribution >= 4 is 10.9 Å². The van der Waals surface area contributed by atoms with Crippen LogP contribution in [-0.2, 0) is 10.3 Å². The molecule has 0 bridgehead atoms. The van der Waals surface area contributed by atoms with Crippen molar-refractivity contribution in [2.24, 2.45) is 0 Å². The largest absolute Gasteiger partial charge is 0.385 e. The molecule has 3 rings (SSSR count). The second-order valence-corrected chi connectivity index (χ2v) is 4.91. The summed E-state index contributed by atoms with van der Waals surface area (Å²) in [6, 6.07) is 10.0. The number of benzene rings is 1. The molecule has 0 saturated carbocycles. The van der Waals surface area contributed by atoms with Crippen LogP contribution in [0, 0.1) is 0 Å². The topological polar surface area (TPSA) is 42.4 Å². The van der Waals surface area contributed by atoms with Gasteiger partial charge in [-0.3, -0.25) is 4.98 Å². The first-order chi connectivity index (χ1) is 8.78. The molecule has 1 unspecified atom stereocenters. The molecule has 2 heterocycles. The highest BCUT2D eigenvalue weighted by Gasteiger charge is 2.30. The van der Waals surface area contributed by atoms with E-state index in [4.69, 9.17) is 4.74 Å². The van der Waals surface area contributed by atoms with E-state index in [1.165, 1.54) is 0 Å². The van der Waals surface area contributed by atoms with E-state index in [-0.39, 0.29) is 0 Å². The van der Waals surface area contributed by atoms with E-state index in [0.29, 0.717) is 13.0 Å². The maximum absolute atomic E-state index is 10.8. The fourth-order valence-corrected chi connectivity index (χ4v) is 2.55.